The highest BCUT2D eigenvalue weighted by Gasteiger charge is 2.26. The van der Waals surface area contributed by atoms with Crippen LogP contribution >= 0.6 is 0 Å². The van der Waals surface area contributed by atoms with E-state index in [1.165, 1.54) is 37.8 Å². The summed E-state index contributed by atoms with van der Waals surface area (Å²) in [7, 11) is 2.25. The fourth-order valence-electron chi connectivity index (χ4n) is 3.38. The Bertz CT molecular complexity index is 405. The highest BCUT2D eigenvalue weighted by Crippen LogP contribution is 2.22. The van der Waals surface area contributed by atoms with E-state index >= 15 is 0 Å². The molecular formula is C17H29N3. The van der Waals surface area contributed by atoms with Crippen LogP contribution in [0.3, 0.4) is 0 Å². The second-order valence-corrected chi connectivity index (χ2v) is 6.05. The van der Waals surface area contributed by atoms with Gasteiger partial charge in [-0.15, -0.1) is 0 Å². The lowest BCUT2D eigenvalue weighted by molar-refractivity contribution is 0.174. The molecule has 2 atom stereocenters. The standard InChI is InChI=1S/C17H29N3/c1-4-18-16-11-6-5-7-12-17(16)20(3)13-15-10-8-9-14(2)19-15/h8-10,16-18H,4-7,11-13H2,1-3H3. The first-order valence-electron chi connectivity index (χ1n) is 8.07. The molecule has 0 saturated heterocycles. The van der Waals surface area contributed by atoms with E-state index in [-0.39, 0.29) is 0 Å². The molecule has 20 heavy (non-hydrogen) atoms. The number of aromatic nitrogens is 1. The van der Waals surface area contributed by atoms with Crippen LogP contribution in [-0.4, -0.2) is 35.6 Å². The molecule has 3 heteroatoms. The maximum Gasteiger partial charge on any atom is 0.0547 e. The largest absolute Gasteiger partial charge is 0.313 e. The van der Waals surface area contributed by atoms with Gasteiger partial charge in [0, 0.05) is 24.3 Å². The van der Waals surface area contributed by atoms with Gasteiger partial charge in [-0.2, -0.15) is 0 Å². The van der Waals surface area contributed by atoms with E-state index in [0.29, 0.717) is 12.1 Å². The summed E-state index contributed by atoms with van der Waals surface area (Å²) >= 11 is 0. The predicted molar refractivity (Wildman–Crippen MR) is 84.8 cm³/mol. The Balaban J connectivity index is 2.02. The van der Waals surface area contributed by atoms with Gasteiger partial charge in [-0.3, -0.25) is 9.88 Å². The average molecular weight is 275 g/mol. The van der Waals surface area contributed by atoms with E-state index in [1.54, 1.807) is 0 Å². The van der Waals surface area contributed by atoms with Crippen molar-refractivity contribution in [1.82, 2.24) is 15.2 Å². The summed E-state index contributed by atoms with van der Waals surface area (Å²) < 4.78 is 0. The molecule has 1 N–H and O–H groups in total. The van der Waals surface area contributed by atoms with Gasteiger partial charge >= 0.3 is 0 Å². The highest BCUT2D eigenvalue weighted by molar-refractivity contribution is 5.10. The van der Waals surface area contributed by atoms with E-state index in [4.69, 9.17) is 0 Å². The van der Waals surface area contributed by atoms with E-state index in [0.717, 1.165) is 18.8 Å². The molecule has 2 rings (SSSR count). The van der Waals surface area contributed by atoms with E-state index < -0.39 is 0 Å². The fourth-order valence-corrected chi connectivity index (χ4v) is 3.38. The van der Waals surface area contributed by atoms with Crippen molar-refractivity contribution in [2.24, 2.45) is 0 Å². The zero-order chi connectivity index (χ0) is 14.4. The first-order valence-corrected chi connectivity index (χ1v) is 8.07. The monoisotopic (exact) mass is 275 g/mol. The molecule has 0 aliphatic heterocycles. The summed E-state index contributed by atoms with van der Waals surface area (Å²) in [6, 6.07) is 7.59. The molecule has 1 fully saturated rings. The molecule has 112 valence electrons. The Morgan fingerprint density at radius 3 is 2.80 bits per heavy atom. The van der Waals surface area contributed by atoms with Gasteiger partial charge in [0.2, 0.25) is 0 Å². The molecule has 0 radical (unpaired) electrons. The predicted octanol–water partition coefficient (Wildman–Crippen LogP) is 3.13. The lowest BCUT2D eigenvalue weighted by Gasteiger charge is -2.34. The smallest absolute Gasteiger partial charge is 0.0547 e. The van der Waals surface area contributed by atoms with Gasteiger partial charge in [0.15, 0.2) is 0 Å². The lowest BCUT2D eigenvalue weighted by Crippen LogP contribution is -2.47. The summed E-state index contributed by atoms with van der Waals surface area (Å²) in [5, 5.41) is 3.69. The summed E-state index contributed by atoms with van der Waals surface area (Å²) in [6.45, 7) is 6.30. The van der Waals surface area contributed by atoms with Crippen LogP contribution in [0.4, 0.5) is 0 Å². The molecule has 1 aliphatic rings. The minimum Gasteiger partial charge on any atom is -0.313 e. The van der Waals surface area contributed by atoms with Crippen molar-refractivity contribution in [2.45, 2.75) is 64.6 Å². The normalized spacial score (nSPS) is 23.8. The van der Waals surface area contributed by atoms with Gasteiger partial charge in [0.05, 0.1) is 5.69 Å². The summed E-state index contributed by atoms with van der Waals surface area (Å²) in [5.41, 5.74) is 2.30. The third-order valence-electron chi connectivity index (χ3n) is 4.37. The van der Waals surface area contributed by atoms with Gasteiger partial charge in [-0.1, -0.05) is 32.3 Å². The third-order valence-corrected chi connectivity index (χ3v) is 4.37. The number of rotatable bonds is 5. The number of aryl methyl sites for hydroxylation is 1. The Kier molecular flexibility index (Phi) is 5.99. The molecule has 1 saturated carbocycles. The minimum atomic E-state index is 0.636. The zero-order valence-electron chi connectivity index (χ0n) is 13.2. The van der Waals surface area contributed by atoms with Crippen molar-refractivity contribution in [2.75, 3.05) is 13.6 Å². The molecular weight excluding hydrogens is 246 g/mol. The average Bonchev–Trinajstić information content (AvgIpc) is 2.65. The first kappa shape index (κ1) is 15.5. The Morgan fingerprint density at radius 2 is 2.05 bits per heavy atom. The number of likely N-dealkylation sites (N-methyl/N-ethyl adjacent to an activating group) is 2. The topological polar surface area (TPSA) is 28.2 Å². The Morgan fingerprint density at radius 1 is 1.25 bits per heavy atom. The highest BCUT2D eigenvalue weighted by atomic mass is 15.2. The molecule has 1 aromatic heterocycles. The lowest BCUT2D eigenvalue weighted by atomic mass is 10.0. The SMILES string of the molecule is CCNC1CCCCCC1N(C)Cc1cccc(C)n1. The molecule has 0 aromatic carbocycles. The molecule has 0 spiro atoms. The van der Waals surface area contributed by atoms with E-state index in [9.17, 15) is 0 Å². The quantitative estimate of drug-likeness (QED) is 0.837. The molecule has 1 aromatic rings. The van der Waals surface area contributed by atoms with Crippen molar-refractivity contribution in [3.63, 3.8) is 0 Å². The van der Waals surface area contributed by atoms with Crippen LogP contribution in [0.25, 0.3) is 0 Å². The Labute approximate surface area is 123 Å². The molecule has 0 bridgehead atoms. The van der Waals surface area contributed by atoms with E-state index in [2.05, 4.69) is 54.3 Å². The van der Waals surface area contributed by atoms with Crippen molar-refractivity contribution < 1.29 is 0 Å². The zero-order valence-corrected chi connectivity index (χ0v) is 13.2. The van der Waals surface area contributed by atoms with Crippen molar-refractivity contribution in [3.05, 3.63) is 29.6 Å². The molecule has 2 unspecified atom stereocenters. The van der Waals surface area contributed by atoms with Crippen molar-refractivity contribution >= 4 is 0 Å². The van der Waals surface area contributed by atoms with Gasteiger partial charge in [-0.05, 0) is 45.5 Å². The van der Waals surface area contributed by atoms with Crippen molar-refractivity contribution in [1.29, 1.82) is 0 Å². The molecule has 1 heterocycles. The maximum absolute atomic E-state index is 4.64. The van der Waals surface area contributed by atoms with Crippen LogP contribution in [0.15, 0.2) is 18.2 Å². The van der Waals surface area contributed by atoms with Crippen LogP contribution in [0, 0.1) is 6.92 Å². The number of nitrogens with zero attached hydrogens (tertiary/aromatic N) is 2. The number of hydrogen-bond acceptors (Lipinski definition) is 3. The fraction of sp³-hybridized carbons (Fsp3) is 0.706. The first-order chi connectivity index (χ1) is 9.70. The number of pyridine rings is 1. The second-order valence-electron chi connectivity index (χ2n) is 6.05. The van der Waals surface area contributed by atoms with Crippen molar-refractivity contribution in [3.8, 4) is 0 Å². The van der Waals surface area contributed by atoms with Crippen LogP contribution in [-0.2, 0) is 6.54 Å². The van der Waals surface area contributed by atoms with Gasteiger partial charge < -0.3 is 5.32 Å². The maximum atomic E-state index is 4.64. The summed E-state index contributed by atoms with van der Waals surface area (Å²) in [6.07, 6.45) is 6.72. The molecule has 0 amide bonds. The van der Waals surface area contributed by atoms with E-state index in [1.807, 2.05) is 0 Å². The summed E-state index contributed by atoms with van der Waals surface area (Å²) in [4.78, 5) is 7.14. The third kappa shape index (κ3) is 4.29. The van der Waals surface area contributed by atoms with Gasteiger partial charge in [0.25, 0.3) is 0 Å². The van der Waals surface area contributed by atoms with Gasteiger partial charge in [0.1, 0.15) is 0 Å². The van der Waals surface area contributed by atoms with Crippen LogP contribution in [0.5, 0.6) is 0 Å². The Hall–Kier alpha value is -0.930. The second kappa shape index (κ2) is 7.75. The van der Waals surface area contributed by atoms with Gasteiger partial charge in [-0.25, -0.2) is 0 Å². The molecule has 3 nitrogen and oxygen atoms in total. The van der Waals surface area contributed by atoms with Crippen LogP contribution in [0.1, 0.15) is 50.4 Å². The van der Waals surface area contributed by atoms with Crippen LogP contribution < -0.4 is 5.32 Å². The summed E-state index contributed by atoms with van der Waals surface area (Å²) in [5.74, 6) is 0. The number of nitrogens with one attached hydrogen (secondary N) is 1. The van der Waals surface area contributed by atoms with Crippen LogP contribution in [0.2, 0.25) is 0 Å². The minimum absolute atomic E-state index is 0.636. The molecule has 1 aliphatic carbocycles. The number of hydrogen-bond donors (Lipinski definition) is 1.